The molecule has 0 bridgehead atoms. The molecule has 0 aliphatic carbocycles. The quantitative estimate of drug-likeness (QED) is 0.769. The molecule has 8 nitrogen and oxygen atoms in total. The van der Waals surface area contributed by atoms with Gasteiger partial charge in [0.1, 0.15) is 17.2 Å². The van der Waals surface area contributed by atoms with E-state index in [0.29, 0.717) is 24.4 Å². The number of nitrogens with one attached hydrogen (secondary N) is 1. The minimum Gasteiger partial charge on any atom is -0.503 e. The van der Waals surface area contributed by atoms with Crippen LogP contribution in [0.25, 0.3) is 0 Å². The lowest BCUT2D eigenvalue weighted by Gasteiger charge is -2.44. The maximum Gasteiger partial charge on any atom is 0.276 e. The standard InChI is InChI=1S/C20H19F2N3O5/c1-10-4-5-30-15-9-24-8-13(17(26)18(27)16(24)20(29)25(10)15)19(28)23-7-11-2-3-12(21)6-14(11)22/h2-3,6,8,10,15,27H,4-5,7,9H2,1H3,(H,23,28)/t10-,15+/m1/s1/i1D3,7D2,9D2,10D,15D. The third kappa shape index (κ3) is 3.32. The van der Waals surface area contributed by atoms with E-state index in [-0.39, 0.29) is 9.47 Å². The summed E-state index contributed by atoms with van der Waals surface area (Å²) in [6.07, 6.45) is -3.52. The Morgan fingerprint density at radius 1 is 1.50 bits per heavy atom. The van der Waals surface area contributed by atoms with Gasteiger partial charge in [-0.15, -0.1) is 0 Å². The molecule has 0 radical (unpaired) electrons. The molecule has 2 aromatic rings. The third-order valence-electron chi connectivity index (χ3n) is 4.34. The van der Waals surface area contributed by atoms with E-state index in [1.54, 1.807) is 5.32 Å². The number of pyridine rings is 1. The van der Waals surface area contributed by atoms with Gasteiger partial charge in [0, 0.05) is 34.5 Å². The van der Waals surface area contributed by atoms with Gasteiger partial charge < -0.3 is 24.6 Å². The molecule has 2 amide bonds. The first kappa shape index (κ1) is 11.8. The minimum absolute atomic E-state index is 0.0271. The van der Waals surface area contributed by atoms with Gasteiger partial charge in [-0.05, 0) is 19.3 Å². The van der Waals surface area contributed by atoms with Crippen molar-refractivity contribution >= 4 is 11.8 Å². The number of halogens is 2. The molecule has 1 saturated heterocycles. The lowest BCUT2D eigenvalue weighted by molar-refractivity contribution is -0.112. The number of carbonyl (C=O) groups is 2. The van der Waals surface area contributed by atoms with Crippen molar-refractivity contribution < 1.29 is 40.6 Å². The molecule has 1 aromatic heterocycles. The highest BCUT2D eigenvalue weighted by atomic mass is 19.1. The van der Waals surface area contributed by atoms with Crippen molar-refractivity contribution in [2.45, 2.75) is 38.5 Å². The monoisotopic (exact) mass is 428 g/mol. The predicted octanol–water partition coefficient (Wildman–Crippen LogP) is 1.35. The number of hydrogen-bond donors (Lipinski definition) is 2. The van der Waals surface area contributed by atoms with Crippen LogP contribution in [0.15, 0.2) is 29.2 Å². The first-order valence-corrected chi connectivity index (χ1v) is 8.46. The predicted molar refractivity (Wildman–Crippen MR) is 99.9 cm³/mol. The molecule has 3 heterocycles. The summed E-state index contributed by atoms with van der Waals surface area (Å²) in [5, 5.41) is 12.3. The average molecular weight is 428 g/mol. The van der Waals surface area contributed by atoms with Crippen LogP contribution >= 0.6 is 0 Å². The van der Waals surface area contributed by atoms with Crippen molar-refractivity contribution in [1.29, 1.82) is 0 Å². The number of benzene rings is 1. The van der Waals surface area contributed by atoms with Crippen LogP contribution in [0.5, 0.6) is 5.75 Å². The molecule has 4 rings (SSSR count). The molecule has 1 aromatic carbocycles. The zero-order valence-electron chi connectivity index (χ0n) is 24.0. The molecule has 0 unspecified atom stereocenters. The van der Waals surface area contributed by atoms with E-state index in [1.165, 1.54) is 0 Å². The lowest BCUT2D eigenvalue weighted by atomic mass is 10.1. The van der Waals surface area contributed by atoms with Crippen LogP contribution in [0.1, 0.15) is 52.0 Å². The van der Waals surface area contributed by atoms with Gasteiger partial charge in [-0.25, -0.2) is 8.78 Å². The highest BCUT2D eigenvalue weighted by molar-refractivity contribution is 5.99. The summed E-state index contributed by atoms with van der Waals surface area (Å²) in [4.78, 5) is 39.1. The van der Waals surface area contributed by atoms with Crippen LogP contribution in [-0.2, 0) is 17.7 Å². The van der Waals surface area contributed by atoms with Crippen molar-refractivity contribution in [2.75, 3.05) is 6.61 Å². The van der Waals surface area contributed by atoms with Gasteiger partial charge in [0.15, 0.2) is 17.6 Å². The summed E-state index contributed by atoms with van der Waals surface area (Å²) in [7, 11) is 0. The van der Waals surface area contributed by atoms with Gasteiger partial charge in [0.25, 0.3) is 11.8 Å². The smallest absolute Gasteiger partial charge is 0.276 e. The van der Waals surface area contributed by atoms with Gasteiger partial charge in [-0.3, -0.25) is 14.4 Å². The average Bonchev–Trinajstić information content (AvgIpc) is 2.78. The van der Waals surface area contributed by atoms with E-state index in [2.05, 4.69) is 0 Å². The minimum atomic E-state index is -3.34. The van der Waals surface area contributed by atoms with Crippen LogP contribution < -0.4 is 10.7 Å². The number of aromatic nitrogens is 1. The number of nitrogens with zero attached hydrogens (tertiary/aromatic N) is 2. The second kappa shape index (κ2) is 7.52. The number of carbonyl (C=O) groups excluding carboxylic acids is 2. The molecule has 2 atom stereocenters. The lowest BCUT2D eigenvalue weighted by Crippen LogP contribution is -2.57. The van der Waals surface area contributed by atoms with Crippen LogP contribution in [0.2, 0.25) is 0 Å². The van der Waals surface area contributed by atoms with E-state index >= 15 is 0 Å². The fourth-order valence-corrected chi connectivity index (χ4v) is 2.89. The van der Waals surface area contributed by atoms with Crippen LogP contribution in [-0.4, -0.2) is 45.2 Å². The van der Waals surface area contributed by atoms with Gasteiger partial charge in [0.2, 0.25) is 5.43 Å². The van der Waals surface area contributed by atoms with Crippen molar-refractivity contribution in [2.24, 2.45) is 0 Å². The van der Waals surface area contributed by atoms with Crippen LogP contribution in [0.3, 0.4) is 0 Å². The summed E-state index contributed by atoms with van der Waals surface area (Å²) in [6.45, 7) is -10.3. The zero-order chi connectivity index (χ0) is 29.5. The number of rotatable bonds is 3. The largest absolute Gasteiger partial charge is 0.503 e. The Kier molecular flexibility index (Phi) is 2.96. The summed E-state index contributed by atoms with van der Waals surface area (Å²) in [5.74, 6) is -7.24. The Balaban J connectivity index is 1.86. The second-order valence-electron chi connectivity index (χ2n) is 6.25. The molecule has 1 fully saturated rings. The van der Waals surface area contributed by atoms with Crippen molar-refractivity contribution in [3.63, 3.8) is 0 Å². The second-order valence-corrected chi connectivity index (χ2v) is 6.25. The maximum atomic E-state index is 14.1. The Morgan fingerprint density at radius 3 is 3.03 bits per heavy atom. The molecule has 2 aliphatic heterocycles. The van der Waals surface area contributed by atoms with Crippen LogP contribution in [0, 0.1) is 11.6 Å². The van der Waals surface area contributed by atoms with Crippen LogP contribution in [0.4, 0.5) is 8.78 Å². The molecular formula is C20H19F2N3O5. The first-order valence-electron chi connectivity index (χ1n) is 13.0. The topological polar surface area (TPSA) is 101 Å². The van der Waals surface area contributed by atoms with E-state index in [4.69, 9.17) is 17.1 Å². The molecule has 158 valence electrons. The van der Waals surface area contributed by atoms with Gasteiger partial charge in [0.05, 0.1) is 21.3 Å². The van der Waals surface area contributed by atoms with E-state index in [0.717, 1.165) is 0 Å². The Labute approximate surface area is 182 Å². The van der Waals surface area contributed by atoms with Gasteiger partial charge in [-0.1, -0.05) is 6.07 Å². The van der Waals surface area contributed by atoms with Crippen molar-refractivity contribution in [3.8, 4) is 5.75 Å². The molecule has 10 heteroatoms. The van der Waals surface area contributed by atoms with Crippen molar-refractivity contribution in [3.05, 3.63) is 63.1 Å². The molecule has 30 heavy (non-hydrogen) atoms. The Morgan fingerprint density at radius 2 is 2.30 bits per heavy atom. The Hall–Kier alpha value is -3.27. The first-order chi connectivity index (χ1) is 17.7. The fraction of sp³-hybridized carbons (Fsp3) is 0.350. The van der Waals surface area contributed by atoms with E-state index < -0.39 is 96.5 Å². The summed E-state index contributed by atoms with van der Waals surface area (Å²) in [5.41, 5.74) is -4.81. The van der Waals surface area contributed by atoms with Crippen molar-refractivity contribution in [1.82, 2.24) is 14.8 Å². The molecule has 2 N–H and O–H groups in total. The number of aromatic hydroxyl groups is 1. The fourth-order valence-electron chi connectivity index (χ4n) is 2.89. The molecule has 0 saturated carbocycles. The van der Waals surface area contributed by atoms with Gasteiger partial charge >= 0.3 is 0 Å². The number of ether oxygens (including phenoxy) is 1. The highest BCUT2D eigenvalue weighted by Gasteiger charge is 2.41. The molecule has 0 spiro atoms. The van der Waals surface area contributed by atoms with E-state index in [1.807, 2.05) is 0 Å². The summed E-state index contributed by atoms with van der Waals surface area (Å²) >= 11 is 0. The zero-order valence-corrected chi connectivity index (χ0v) is 15.0. The molecular weight excluding hydrogens is 400 g/mol. The van der Waals surface area contributed by atoms with Gasteiger partial charge in [-0.2, -0.15) is 0 Å². The Bertz CT molecular complexity index is 1470. The van der Waals surface area contributed by atoms with E-state index in [9.17, 15) is 28.3 Å². The summed E-state index contributed by atoms with van der Waals surface area (Å²) < 4.78 is 106. The number of fused-ring (bicyclic) bond motifs is 2. The summed E-state index contributed by atoms with van der Waals surface area (Å²) in [6, 6.07) is -1.17. The number of amides is 2. The molecule has 2 aliphatic rings. The maximum absolute atomic E-state index is 14.1. The SMILES string of the molecule is [2H]C([2H])(NC(=O)c1cn2c(c(O)c1=O)C(=O)N1[C@]([2H])(C([2H])([2H])[2H])CCO[C@@]1([2H])C2([2H])[2H])c1ccc(F)cc1F. The third-order valence-corrected chi connectivity index (χ3v) is 4.34. The normalized spacial score (nSPS) is 32.4. The number of hydrogen-bond acceptors (Lipinski definition) is 5. The highest BCUT2D eigenvalue weighted by Crippen LogP contribution is 2.29.